The lowest BCUT2D eigenvalue weighted by Gasteiger charge is -2.23. The molecule has 76 valence electrons. The predicted octanol–water partition coefficient (Wildman–Crippen LogP) is 2.69. The number of likely N-dealkylation sites (tertiary alicyclic amines) is 1. The Labute approximate surface area is 82.0 Å². The molecule has 1 aliphatic rings. The highest BCUT2D eigenvalue weighted by atomic mass is 15.2. The van der Waals surface area contributed by atoms with E-state index in [2.05, 4.69) is 16.8 Å². The molecule has 0 bridgehead atoms. The molecule has 0 radical (unpaired) electrons. The number of aliphatic imine (C=N–C) groups is 1. The normalized spacial score (nSPS) is 22.0. The van der Waals surface area contributed by atoms with E-state index in [-0.39, 0.29) is 0 Å². The number of hydrogen-bond acceptors (Lipinski definition) is 1. The summed E-state index contributed by atoms with van der Waals surface area (Å²) in [6.45, 7) is 4.69. The maximum absolute atomic E-state index is 4.38. The van der Waals surface area contributed by atoms with Crippen molar-refractivity contribution < 1.29 is 0 Å². The number of unbranched alkanes of at least 4 members (excludes halogenated alkanes) is 1. The molecular weight excluding hydrogens is 160 g/mol. The molecule has 0 aliphatic carbocycles. The second-order valence-electron chi connectivity index (χ2n) is 3.79. The molecule has 1 saturated heterocycles. The van der Waals surface area contributed by atoms with Crippen LogP contribution in [0.2, 0.25) is 0 Å². The van der Waals surface area contributed by atoms with E-state index in [1.165, 1.54) is 57.5 Å². The third-order valence-electron chi connectivity index (χ3n) is 2.73. The summed E-state index contributed by atoms with van der Waals surface area (Å²) in [7, 11) is 1.93. The Bertz CT molecular complexity index is 163. The molecule has 0 unspecified atom stereocenters. The summed E-state index contributed by atoms with van der Waals surface area (Å²) in [5.74, 6) is 1.34. The quantitative estimate of drug-likeness (QED) is 0.655. The average molecular weight is 182 g/mol. The van der Waals surface area contributed by atoms with Crippen LogP contribution in [0.5, 0.6) is 0 Å². The fourth-order valence-corrected chi connectivity index (χ4v) is 1.89. The molecule has 2 heteroatoms. The van der Waals surface area contributed by atoms with E-state index in [1.807, 2.05) is 7.05 Å². The van der Waals surface area contributed by atoms with Crippen LogP contribution < -0.4 is 0 Å². The van der Waals surface area contributed by atoms with E-state index >= 15 is 0 Å². The van der Waals surface area contributed by atoms with Gasteiger partial charge in [-0.1, -0.05) is 19.8 Å². The number of nitrogens with zero attached hydrogens (tertiary/aromatic N) is 2. The minimum atomic E-state index is 1.19. The molecule has 0 atom stereocenters. The summed E-state index contributed by atoms with van der Waals surface area (Å²) in [5, 5.41) is 0. The van der Waals surface area contributed by atoms with Crippen molar-refractivity contribution in [2.45, 2.75) is 45.4 Å². The minimum Gasteiger partial charge on any atom is -0.360 e. The first-order valence-electron chi connectivity index (χ1n) is 5.59. The van der Waals surface area contributed by atoms with Gasteiger partial charge < -0.3 is 4.90 Å². The topological polar surface area (TPSA) is 15.6 Å². The SMILES string of the molecule is CCCCN1CCCCC/C1=N\C. The van der Waals surface area contributed by atoms with Crippen molar-refractivity contribution in [1.29, 1.82) is 0 Å². The van der Waals surface area contributed by atoms with Gasteiger partial charge in [0, 0.05) is 26.6 Å². The van der Waals surface area contributed by atoms with Gasteiger partial charge in [0.15, 0.2) is 0 Å². The van der Waals surface area contributed by atoms with Crippen LogP contribution >= 0.6 is 0 Å². The molecule has 0 N–H and O–H groups in total. The molecule has 1 heterocycles. The Morgan fingerprint density at radius 3 is 2.85 bits per heavy atom. The fraction of sp³-hybridized carbons (Fsp3) is 0.909. The lowest BCUT2D eigenvalue weighted by molar-refractivity contribution is 0.403. The molecule has 13 heavy (non-hydrogen) atoms. The van der Waals surface area contributed by atoms with E-state index in [0.717, 1.165) is 0 Å². The van der Waals surface area contributed by atoms with E-state index in [9.17, 15) is 0 Å². The van der Waals surface area contributed by atoms with Crippen molar-refractivity contribution in [3.8, 4) is 0 Å². The number of rotatable bonds is 3. The standard InChI is InChI=1S/C11H22N2/c1-3-4-9-13-10-7-5-6-8-11(13)12-2/h3-10H2,1-2H3/b12-11+. The molecule has 1 aliphatic heterocycles. The Morgan fingerprint density at radius 1 is 1.31 bits per heavy atom. The van der Waals surface area contributed by atoms with Crippen molar-refractivity contribution in [3.05, 3.63) is 0 Å². The van der Waals surface area contributed by atoms with E-state index in [4.69, 9.17) is 0 Å². The van der Waals surface area contributed by atoms with Gasteiger partial charge in [0.05, 0.1) is 5.84 Å². The smallest absolute Gasteiger partial charge is 0.0985 e. The number of hydrogen-bond donors (Lipinski definition) is 0. The molecular formula is C11H22N2. The molecule has 2 nitrogen and oxygen atoms in total. The molecule has 0 amide bonds. The first-order chi connectivity index (χ1) is 6.38. The van der Waals surface area contributed by atoms with Crippen LogP contribution in [0.3, 0.4) is 0 Å². The van der Waals surface area contributed by atoms with E-state index in [1.54, 1.807) is 0 Å². The van der Waals surface area contributed by atoms with Crippen molar-refractivity contribution in [1.82, 2.24) is 4.90 Å². The van der Waals surface area contributed by atoms with Crippen molar-refractivity contribution in [2.24, 2.45) is 4.99 Å². The van der Waals surface area contributed by atoms with Gasteiger partial charge in [-0.05, 0) is 19.3 Å². The van der Waals surface area contributed by atoms with Gasteiger partial charge in [0.2, 0.25) is 0 Å². The highest BCUT2D eigenvalue weighted by molar-refractivity contribution is 5.82. The zero-order valence-electron chi connectivity index (χ0n) is 9.05. The maximum Gasteiger partial charge on any atom is 0.0985 e. The molecule has 0 spiro atoms. The van der Waals surface area contributed by atoms with Crippen molar-refractivity contribution in [2.75, 3.05) is 20.1 Å². The molecule has 0 saturated carbocycles. The summed E-state index contributed by atoms with van der Waals surface area (Å²) >= 11 is 0. The summed E-state index contributed by atoms with van der Waals surface area (Å²) in [4.78, 5) is 6.87. The molecule has 0 aromatic heterocycles. The summed E-state index contributed by atoms with van der Waals surface area (Å²) < 4.78 is 0. The van der Waals surface area contributed by atoms with Gasteiger partial charge in [0.1, 0.15) is 0 Å². The highest BCUT2D eigenvalue weighted by Crippen LogP contribution is 2.12. The van der Waals surface area contributed by atoms with Crippen LogP contribution in [0.4, 0.5) is 0 Å². The van der Waals surface area contributed by atoms with Crippen LogP contribution in [-0.2, 0) is 0 Å². The van der Waals surface area contributed by atoms with Crippen LogP contribution in [0.25, 0.3) is 0 Å². The van der Waals surface area contributed by atoms with Crippen LogP contribution in [-0.4, -0.2) is 30.9 Å². The van der Waals surface area contributed by atoms with Gasteiger partial charge in [-0.3, -0.25) is 4.99 Å². The minimum absolute atomic E-state index is 1.19. The lowest BCUT2D eigenvalue weighted by Crippen LogP contribution is -2.31. The van der Waals surface area contributed by atoms with E-state index < -0.39 is 0 Å². The Morgan fingerprint density at radius 2 is 2.15 bits per heavy atom. The Kier molecular flexibility index (Phi) is 4.87. The molecule has 0 aromatic carbocycles. The summed E-state index contributed by atoms with van der Waals surface area (Å²) in [5.41, 5.74) is 0. The predicted molar refractivity (Wildman–Crippen MR) is 58.3 cm³/mol. The monoisotopic (exact) mass is 182 g/mol. The molecule has 1 rings (SSSR count). The van der Waals surface area contributed by atoms with Gasteiger partial charge in [-0.15, -0.1) is 0 Å². The average Bonchev–Trinajstić information content (AvgIpc) is 2.39. The first-order valence-corrected chi connectivity index (χ1v) is 5.59. The first kappa shape index (κ1) is 10.6. The molecule has 0 aromatic rings. The van der Waals surface area contributed by atoms with Crippen LogP contribution in [0.15, 0.2) is 4.99 Å². The lowest BCUT2D eigenvalue weighted by atomic mass is 10.2. The summed E-state index contributed by atoms with van der Waals surface area (Å²) in [6.07, 6.45) is 7.84. The van der Waals surface area contributed by atoms with Gasteiger partial charge in [-0.2, -0.15) is 0 Å². The second kappa shape index (κ2) is 6.01. The number of amidine groups is 1. The second-order valence-corrected chi connectivity index (χ2v) is 3.79. The third kappa shape index (κ3) is 3.37. The fourth-order valence-electron chi connectivity index (χ4n) is 1.89. The maximum atomic E-state index is 4.38. The van der Waals surface area contributed by atoms with Crippen molar-refractivity contribution >= 4 is 5.84 Å². The molecule has 1 fully saturated rings. The Hall–Kier alpha value is -0.530. The zero-order valence-corrected chi connectivity index (χ0v) is 9.05. The summed E-state index contributed by atoms with van der Waals surface area (Å²) in [6, 6.07) is 0. The third-order valence-corrected chi connectivity index (χ3v) is 2.73. The zero-order chi connectivity index (χ0) is 9.52. The largest absolute Gasteiger partial charge is 0.360 e. The van der Waals surface area contributed by atoms with E-state index in [0.29, 0.717) is 0 Å². The highest BCUT2D eigenvalue weighted by Gasteiger charge is 2.12. The Balaban J connectivity index is 2.45. The van der Waals surface area contributed by atoms with Crippen LogP contribution in [0.1, 0.15) is 45.4 Å². The van der Waals surface area contributed by atoms with Crippen molar-refractivity contribution in [3.63, 3.8) is 0 Å². The van der Waals surface area contributed by atoms with Gasteiger partial charge in [0.25, 0.3) is 0 Å². The van der Waals surface area contributed by atoms with Gasteiger partial charge >= 0.3 is 0 Å². The van der Waals surface area contributed by atoms with Gasteiger partial charge in [-0.25, -0.2) is 0 Å². The van der Waals surface area contributed by atoms with Crippen LogP contribution in [0, 0.1) is 0 Å².